The van der Waals surface area contributed by atoms with Gasteiger partial charge >= 0.3 is 0 Å². The van der Waals surface area contributed by atoms with Gasteiger partial charge in [-0.05, 0) is 46.4 Å². The largest absolute Gasteiger partial charge is 0.384 e. The second kappa shape index (κ2) is 7.59. The maximum Gasteiger partial charge on any atom is 0.0991 e. The van der Waals surface area contributed by atoms with E-state index in [1.165, 1.54) is 5.56 Å². The first-order valence-electron chi connectivity index (χ1n) is 7.99. The smallest absolute Gasteiger partial charge is 0.0991 e. The fraction of sp³-hybridized carbons (Fsp3) is 0.136. The lowest BCUT2D eigenvalue weighted by Crippen LogP contribution is -1.94. The SMILES string of the molecule is COCCc1ccc(-c2cc(C#N)ccc2-c2ccccc2)cc1. The minimum Gasteiger partial charge on any atom is -0.384 e. The average molecular weight is 313 g/mol. The van der Waals surface area contributed by atoms with Gasteiger partial charge in [0.15, 0.2) is 0 Å². The van der Waals surface area contributed by atoms with Gasteiger partial charge in [-0.1, -0.05) is 60.7 Å². The number of benzene rings is 3. The molecule has 0 saturated heterocycles. The number of nitrogens with zero attached hydrogens (tertiary/aromatic N) is 1. The summed E-state index contributed by atoms with van der Waals surface area (Å²) in [7, 11) is 1.72. The van der Waals surface area contributed by atoms with E-state index in [1.54, 1.807) is 7.11 Å². The molecule has 3 rings (SSSR count). The lowest BCUT2D eigenvalue weighted by atomic mass is 9.92. The molecule has 0 aliphatic heterocycles. The Morgan fingerprint density at radius 3 is 2.21 bits per heavy atom. The van der Waals surface area contributed by atoms with E-state index in [0.29, 0.717) is 5.56 Å². The Bertz CT molecular complexity index is 845. The molecule has 0 spiro atoms. The van der Waals surface area contributed by atoms with Crippen molar-refractivity contribution in [3.8, 4) is 28.3 Å². The van der Waals surface area contributed by atoms with Crippen molar-refractivity contribution in [3.05, 3.63) is 83.9 Å². The molecule has 0 bridgehead atoms. The van der Waals surface area contributed by atoms with Crippen LogP contribution >= 0.6 is 0 Å². The normalized spacial score (nSPS) is 10.3. The van der Waals surface area contributed by atoms with Crippen LogP contribution in [-0.2, 0) is 11.2 Å². The number of ether oxygens (including phenoxy) is 1. The van der Waals surface area contributed by atoms with Crippen molar-refractivity contribution in [1.82, 2.24) is 0 Å². The van der Waals surface area contributed by atoms with Gasteiger partial charge in [-0.15, -0.1) is 0 Å². The van der Waals surface area contributed by atoms with Gasteiger partial charge < -0.3 is 4.74 Å². The van der Waals surface area contributed by atoms with Crippen LogP contribution in [0, 0.1) is 11.3 Å². The third kappa shape index (κ3) is 3.53. The number of methoxy groups -OCH3 is 1. The predicted octanol–water partition coefficient (Wildman–Crippen LogP) is 5.08. The van der Waals surface area contributed by atoms with E-state index in [2.05, 4.69) is 42.5 Å². The second-order valence-corrected chi connectivity index (χ2v) is 5.68. The molecule has 0 amide bonds. The summed E-state index contributed by atoms with van der Waals surface area (Å²) >= 11 is 0. The molecule has 24 heavy (non-hydrogen) atoms. The topological polar surface area (TPSA) is 33.0 Å². The number of rotatable bonds is 5. The van der Waals surface area contributed by atoms with Gasteiger partial charge in [0.25, 0.3) is 0 Å². The second-order valence-electron chi connectivity index (χ2n) is 5.68. The highest BCUT2D eigenvalue weighted by Crippen LogP contribution is 2.33. The quantitative estimate of drug-likeness (QED) is 0.658. The number of nitriles is 1. The molecule has 0 heterocycles. The van der Waals surface area contributed by atoms with E-state index in [9.17, 15) is 5.26 Å². The molecule has 2 heteroatoms. The van der Waals surface area contributed by atoms with Crippen LogP contribution in [0.1, 0.15) is 11.1 Å². The molecule has 0 saturated carbocycles. The molecule has 3 aromatic carbocycles. The third-order valence-corrected chi connectivity index (χ3v) is 4.09. The fourth-order valence-corrected chi connectivity index (χ4v) is 2.79. The monoisotopic (exact) mass is 313 g/mol. The van der Waals surface area contributed by atoms with Crippen molar-refractivity contribution in [2.24, 2.45) is 0 Å². The summed E-state index contributed by atoms with van der Waals surface area (Å²) in [6.45, 7) is 0.721. The van der Waals surface area contributed by atoms with Crippen LogP contribution in [0.2, 0.25) is 0 Å². The van der Waals surface area contributed by atoms with Crippen LogP contribution in [0.4, 0.5) is 0 Å². The summed E-state index contributed by atoms with van der Waals surface area (Å²) in [5, 5.41) is 9.25. The minimum absolute atomic E-state index is 0.674. The molecule has 0 aromatic heterocycles. The van der Waals surface area contributed by atoms with E-state index in [0.717, 1.165) is 35.3 Å². The van der Waals surface area contributed by atoms with Crippen molar-refractivity contribution in [2.45, 2.75) is 6.42 Å². The Labute approximate surface area is 143 Å². The lowest BCUT2D eigenvalue weighted by Gasteiger charge is -2.11. The molecule has 0 atom stereocenters. The van der Waals surface area contributed by atoms with Crippen LogP contribution in [0.15, 0.2) is 72.8 Å². The van der Waals surface area contributed by atoms with Crippen molar-refractivity contribution in [1.29, 1.82) is 5.26 Å². The van der Waals surface area contributed by atoms with Gasteiger partial charge in [0.05, 0.1) is 18.2 Å². The molecular weight excluding hydrogens is 294 g/mol. The van der Waals surface area contributed by atoms with Crippen molar-refractivity contribution >= 4 is 0 Å². The first-order valence-corrected chi connectivity index (χ1v) is 7.99. The zero-order chi connectivity index (χ0) is 16.8. The summed E-state index contributed by atoms with van der Waals surface area (Å²) in [5.41, 5.74) is 6.41. The first-order chi connectivity index (χ1) is 11.8. The molecule has 0 radical (unpaired) electrons. The van der Waals surface area contributed by atoms with Gasteiger partial charge in [0, 0.05) is 7.11 Å². The maximum atomic E-state index is 9.25. The summed E-state index contributed by atoms with van der Waals surface area (Å²) in [6.07, 6.45) is 0.903. The summed E-state index contributed by atoms with van der Waals surface area (Å²) in [4.78, 5) is 0. The standard InChI is InChI=1S/C22H19NO/c1-24-14-13-17-7-10-20(11-8-17)22-15-18(16-23)9-12-21(22)19-5-3-2-4-6-19/h2-12,15H,13-14H2,1H3. The van der Waals surface area contributed by atoms with Gasteiger partial charge in [-0.2, -0.15) is 5.26 Å². The van der Waals surface area contributed by atoms with E-state index in [4.69, 9.17) is 4.74 Å². The van der Waals surface area contributed by atoms with Crippen LogP contribution < -0.4 is 0 Å². The molecule has 0 N–H and O–H groups in total. The number of hydrogen-bond donors (Lipinski definition) is 0. The molecule has 118 valence electrons. The Balaban J connectivity index is 2.04. The molecular formula is C22H19NO. The minimum atomic E-state index is 0.674. The van der Waals surface area contributed by atoms with E-state index < -0.39 is 0 Å². The van der Waals surface area contributed by atoms with Gasteiger partial charge in [-0.25, -0.2) is 0 Å². The van der Waals surface area contributed by atoms with Gasteiger partial charge in [-0.3, -0.25) is 0 Å². The maximum absolute atomic E-state index is 9.25. The van der Waals surface area contributed by atoms with E-state index >= 15 is 0 Å². The van der Waals surface area contributed by atoms with Crippen LogP contribution in [0.5, 0.6) is 0 Å². The Hall–Kier alpha value is -2.89. The summed E-state index contributed by atoms with van der Waals surface area (Å²) in [5.74, 6) is 0. The Morgan fingerprint density at radius 1 is 0.833 bits per heavy atom. The highest BCUT2D eigenvalue weighted by Gasteiger charge is 2.09. The Morgan fingerprint density at radius 2 is 1.54 bits per heavy atom. The molecule has 2 nitrogen and oxygen atoms in total. The number of hydrogen-bond acceptors (Lipinski definition) is 2. The highest BCUT2D eigenvalue weighted by atomic mass is 16.5. The van der Waals surface area contributed by atoms with Gasteiger partial charge in [0.2, 0.25) is 0 Å². The highest BCUT2D eigenvalue weighted by molar-refractivity contribution is 5.84. The average Bonchev–Trinajstić information content (AvgIpc) is 2.67. The molecule has 0 fully saturated rings. The fourth-order valence-electron chi connectivity index (χ4n) is 2.79. The molecule has 0 aliphatic rings. The molecule has 3 aromatic rings. The van der Waals surface area contributed by atoms with Crippen molar-refractivity contribution < 1.29 is 4.74 Å². The lowest BCUT2D eigenvalue weighted by molar-refractivity contribution is 0.202. The van der Waals surface area contributed by atoms with Crippen LogP contribution in [-0.4, -0.2) is 13.7 Å². The van der Waals surface area contributed by atoms with Gasteiger partial charge in [0.1, 0.15) is 0 Å². The zero-order valence-corrected chi connectivity index (χ0v) is 13.7. The predicted molar refractivity (Wildman–Crippen MR) is 97.6 cm³/mol. The zero-order valence-electron chi connectivity index (χ0n) is 13.7. The first kappa shape index (κ1) is 16.0. The van der Waals surface area contributed by atoms with E-state index in [-0.39, 0.29) is 0 Å². The van der Waals surface area contributed by atoms with E-state index in [1.807, 2.05) is 36.4 Å². The molecule has 0 unspecified atom stereocenters. The summed E-state index contributed by atoms with van der Waals surface area (Å²) in [6, 6.07) is 26.9. The van der Waals surface area contributed by atoms with Crippen molar-refractivity contribution in [2.75, 3.05) is 13.7 Å². The summed E-state index contributed by atoms with van der Waals surface area (Å²) < 4.78 is 5.13. The van der Waals surface area contributed by atoms with Crippen molar-refractivity contribution in [3.63, 3.8) is 0 Å². The van der Waals surface area contributed by atoms with Crippen LogP contribution in [0.25, 0.3) is 22.3 Å². The molecule has 0 aliphatic carbocycles. The third-order valence-electron chi connectivity index (χ3n) is 4.09. The Kier molecular flexibility index (Phi) is 5.05. The van der Waals surface area contributed by atoms with Crippen LogP contribution in [0.3, 0.4) is 0 Å².